The molecule has 5 N–H and O–H groups in total. The van der Waals surface area contributed by atoms with Crippen molar-refractivity contribution in [2.24, 2.45) is 5.84 Å². The normalized spacial score (nSPS) is 16.9. The molecule has 20 heavy (non-hydrogen) atoms. The van der Waals surface area contributed by atoms with Gasteiger partial charge in [-0.25, -0.2) is 5.84 Å². The van der Waals surface area contributed by atoms with Crippen LogP contribution in [0.5, 0.6) is 0 Å². The molecule has 0 radical (unpaired) electrons. The van der Waals surface area contributed by atoms with E-state index in [-0.39, 0.29) is 6.10 Å². The summed E-state index contributed by atoms with van der Waals surface area (Å²) in [6.45, 7) is 4.27. The van der Waals surface area contributed by atoms with Gasteiger partial charge in [0.25, 0.3) is 0 Å². The number of nitrogens with two attached hydrogens (primary N) is 1. The Morgan fingerprint density at radius 2 is 1.90 bits per heavy atom. The third kappa shape index (κ3) is 4.17. The largest absolute Gasteiger partial charge is 0.393 e. The number of aliphatic hydroxyl groups is 1. The summed E-state index contributed by atoms with van der Waals surface area (Å²) in [5.74, 6) is 6.88. The number of nitrogens with zero attached hydrogens (tertiary/aromatic N) is 4. The van der Waals surface area contributed by atoms with Gasteiger partial charge in [-0.2, -0.15) is 15.0 Å². The van der Waals surface area contributed by atoms with E-state index in [1.54, 1.807) is 6.92 Å². The summed E-state index contributed by atoms with van der Waals surface area (Å²) in [4.78, 5) is 15.0. The van der Waals surface area contributed by atoms with E-state index in [0.29, 0.717) is 30.8 Å². The molecule has 1 aliphatic rings. The van der Waals surface area contributed by atoms with Crippen LogP contribution in [0, 0.1) is 0 Å². The second-order valence-corrected chi connectivity index (χ2v) is 5.04. The van der Waals surface area contributed by atoms with Gasteiger partial charge in [-0.05, 0) is 32.6 Å². The summed E-state index contributed by atoms with van der Waals surface area (Å²) >= 11 is 0. The Morgan fingerprint density at radius 1 is 1.20 bits per heavy atom. The molecule has 0 amide bonds. The fraction of sp³-hybridized carbons (Fsp3) is 0.750. The van der Waals surface area contributed by atoms with Crippen LogP contribution in [0.1, 0.15) is 32.6 Å². The molecule has 1 unspecified atom stereocenters. The number of nitrogens with one attached hydrogen (secondary N) is 2. The first-order valence-corrected chi connectivity index (χ1v) is 7.08. The summed E-state index contributed by atoms with van der Waals surface area (Å²) in [5, 5.41) is 12.3. The van der Waals surface area contributed by atoms with Gasteiger partial charge in [0, 0.05) is 19.6 Å². The predicted octanol–water partition coefficient (Wildman–Crippen LogP) is 0.330. The first kappa shape index (κ1) is 14.7. The average Bonchev–Trinajstić information content (AvgIpc) is 2.47. The summed E-state index contributed by atoms with van der Waals surface area (Å²) < 4.78 is 0. The van der Waals surface area contributed by atoms with E-state index in [1.165, 1.54) is 6.42 Å². The lowest BCUT2D eigenvalue weighted by Crippen LogP contribution is -2.32. The molecular weight excluding hydrogens is 258 g/mol. The molecule has 1 fully saturated rings. The van der Waals surface area contributed by atoms with E-state index >= 15 is 0 Å². The van der Waals surface area contributed by atoms with Crippen LogP contribution in [0.15, 0.2) is 0 Å². The SMILES string of the molecule is CC(O)CCNc1nc(NN)nc(N2CCCCC2)n1. The molecule has 8 heteroatoms. The maximum Gasteiger partial charge on any atom is 0.243 e. The van der Waals surface area contributed by atoms with Gasteiger partial charge in [-0.1, -0.05) is 0 Å². The number of hydrogen-bond donors (Lipinski definition) is 4. The van der Waals surface area contributed by atoms with Gasteiger partial charge in [0.2, 0.25) is 17.8 Å². The van der Waals surface area contributed by atoms with Gasteiger partial charge in [0.1, 0.15) is 0 Å². The van der Waals surface area contributed by atoms with Crippen molar-refractivity contribution in [2.45, 2.75) is 38.7 Å². The number of nitrogen functional groups attached to an aromatic ring is 1. The standard InChI is InChI=1S/C12H23N7O/c1-9(20)5-6-14-10-15-11(18-13)17-12(16-10)19-7-3-2-4-8-19/h9,20H,2-8,13H2,1H3,(H2,14,15,16,17,18). The molecule has 0 spiro atoms. The molecule has 1 aliphatic heterocycles. The molecule has 1 atom stereocenters. The fourth-order valence-corrected chi connectivity index (χ4v) is 2.14. The Labute approximate surface area is 118 Å². The average molecular weight is 281 g/mol. The van der Waals surface area contributed by atoms with Crippen LogP contribution >= 0.6 is 0 Å². The number of hydrazine groups is 1. The minimum atomic E-state index is -0.349. The molecule has 2 rings (SSSR count). The molecule has 1 aromatic heterocycles. The van der Waals surface area contributed by atoms with Gasteiger partial charge >= 0.3 is 0 Å². The molecule has 8 nitrogen and oxygen atoms in total. The van der Waals surface area contributed by atoms with Crippen molar-refractivity contribution in [2.75, 3.05) is 35.3 Å². The Hall–Kier alpha value is -1.67. The Kier molecular flexibility index (Phi) is 5.31. The van der Waals surface area contributed by atoms with Gasteiger partial charge in [-0.15, -0.1) is 0 Å². The summed E-state index contributed by atoms with van der Waals surface area (Å²) in [6, 6.07) is 0. The number of aliphatic hydroxyl groups excluding tert-OH is 1. The van der Waals surface area contributed by atoms with E-state index in [2.05, 4.69) is 30.6 Å². The summed E-state index contributed by atoms with van der Waals surface area (Å²) in [6.07, 6.45) is 3.85. The van der Waals surface area contributed by atoms with Crippen LogP contribution in [-0.2, 0) is 0 Å². The van der Waals surface area contributed by atoms with E-state index in [1.807, 2.05) is 0 Å². The van der Waals surface area contributed by atoms with Crippen molar-refractivity contribution in [3.8, 4) is 0 Å². The number of rotatable bonds is 6. The highest BCUT2D eigenvalue weighted by Crippen LogP contribution is 2.18. The molecule has 0 aliphatic carbocycles. The third-order valence-corrected chi connectivity index (χ3v) is 3.24. The van der Waals surface area contributed by atoms with Crippen molar-refractivity contribution < 1.29 is 5.11 Å². The van der Waals surface area contributed by atoms with E-state index in [9.17, 15) is 5.11 Å². The molecule has 112 valence electrons. The second-order valence-electron chi connectivity index (χ2n) is 5.04. The number of anilines is 3. The van der Waals surface area contributed by atoms with Gasteiger partial charge in [-0.3, -0.25) is 5.43 Å². The van der Waals surface area contributed by atoms with Crippen LogP contribution in [0.25, 0.3) is 0 Å². The van der Waals surface area contributed by atoms with E-state index in [0.717, 1.165) is 25.9 Å². The zero-order valence-corrected chi connectivity index (χ0v) is 11.8. The van der Waals surface area contributed by atoms with E-state index < -0.39 is 0 Å². The van der Waals surface area contributed by atoms with Gasteiger partial charge in [0.15, 0.2) is 0 Å². The summed E-state index contributed by atoms with van der Waals surface area (Å²) in [5.41, 5.74) is 2.47. The Morgan fingerprint density at radius 3 is 2.55 bits per heavy atom. The Balaban J connectivity index is 2.06. The van der Waals surface area contributed by atoms with Crippen LogP contribution in [0.3, 0.4) is 0 Å². The highest BCUT2D eigenvalue weighted by atomic mass is 16.3. The lowest BCUT2D eigenvalue weighted by atomic mass is 10.1. The quantitative estimate of drug-likeness (QED) is 0.436. The highest BCUT2D eigenvalue weighted by molar-refractivity contribution is 5.43. The third-order valence-electron chi connectivity index (χ3n) is 3.24. The van der Waals surface area contributed by atoms with Crippen LogP contribution in [0.2, 0.25) is 0 Å². The van der Waals surface area contributed by atoms with Crippen molar-refractivity contribution in [1.82, 2.24) is 15.0 Å². The molecule has 1 aromatic rings. The second kappa shape index (κ2) is 7.20. The molecule has 0 bridgehead atoms. The van der Waals surface area contributed by atoms with Crippen molar-refractivity contribution in [1.29, 1.82) is 0 Å². The Bertz CT molecular complexity index is 420. The van der Waals surface area contributed by atoms with Gasteiger partial charge < -0.3 is 15.3 Å². The fourth-order valence-electron chi connectivity index (χ4n) is 2.14. The first-order valence-electron chi connectivity index (χ1n) is 7.08. The molecule has 2 heterocycles. The molecule has 0 saturated carbocycles. The number of piperidine rings is 1. The zero-order valence-electron chi connectivity index (χ0n) is 11.8. The number of aromatic nitrogens is 3. The van der Waals surface area contributed by atoms with E-state index in [4.69, 9.17) is 5.84 Å². The zero-order chi connectivity index (χ0) is 14.4. The van der Waals surface area contributed by atoms with Crippen molar-refractivity contribution in [3.05, 3.63) is 0 Å². The summed E-state index contributed by atoms with van der Waals surface area (Å²) in [7, 11) is 0. The van der Waals surface area contributed by atoms with Crippen LogP contribution in [-0.4, -0.2) is 45.8 Å². The van der Waals surface area contributed by atoms with Crippen molar-refractivity contribution >= 4 is 17.8 Å². The maximum absolute atomic E-state index is 9.26. The minimum Gasteiger partial charge on any atom is -0.393 e. The predicted molar refractivity (Wildman–Crippen MR) is 78.5 cm³/mol. The number of hydrogen-bond acceptors (Lipinski definition) is 8. The van der Waals surface area contributed by atoms with Crippen molar-refractivity contribution in [3.63, 3.8) is 0 Å². The van der Waals surface area contributed by atoms with Crippen LogP contribution < -0.4 is 21.5 Å². The monoisotopic (exact) mass is 281 g/mol. The molecule has 1 saturated heterocycles. The van der Waals surface area contributed by atoms with Gasteiger partial charge in [0.05, 0.1) is 6.10 Å². The van der Waals surface area contributed by atoms with Crippen LogP contribution in [0.4, 0.5) is 17.8 Å². The minimum absolute atomic E-state index is 0.347. The first-order chi connectivity index (χ1) is 9.69. The smallest absolute Gasteiger partial charge is 0.243 e. The topological polar surface area (TPSA) is 112 Å². The highest BCUT2D eigenvalue weighted by Gasteiger charge is 2.15. The molecular formula is C12H23N7O. The maximum atomic E-state index is 9.26. The lowest BCUT2D eigenvalue weighted by Gasteiger charge is -2.26. The molecule has 0 aromatic carbocycles. The lowest BCUT2D eigenvalue weighted by molar-refractivity contribution is 0.188.